The van der Waals surface area contributed by atoms with Crippen LogP contribution in [-0.4, -0.2) is 37.1 Å². The maximum Gasteiger partial charge on any atom is 0.236 e. The highest BCUT2D eigenvalue weighted by atomic mass is 32.2. The molecule has 6 nitrogen and oxygen atoms in total. The molecular formula is C11H19N3O3S. The van der Waals surface area contributed by atoms with Crippen LogP contribution in [0.3, 0.4) is 0 Å². The van der Waals surface area contributed by atoms with Gasteiger partial charge in [0.1, 0.15) is 0 Å². The Balaban J connectivity index is 1.97. The number of sulfonamides is 1. The molecule has 1 atom stereocenters. The number of rotatable bonds is 5. The number of hydrogen-bond donors (Lipinski definition) is 2. The molecule has 1 unspecified atom stereocenters. The molecule has 0 aliphatic carbocycles. The molecule has 1 aromatic rings. The van der Waals surface area contributed by atoms with Crippen molar-refractivity contribution in [1.29, 1.82) is 0 Å². The van der Waals surface area contributed by atoms with Crippen LogP contribution in [0.1, 0.15) is 38.3 Å². The van der Waals surface area contributed by atoms with Gasteiger partial charge in [-0.3, -0.25) is 9.82 Å². The third-order valence-electron chi connectivity index (χ3n) is 2.91. The zero-order valence-electron chi connectivity index (χ0n) is 10.6. The first-order valence-electron chi connectivity index (χ1n) is 6.13. The largest absolute Gasteiger partial charge is 0.377 e. The first-order valence-corrected chi connectivity index (χ1v) is 7.79. The number of H-pyrrole nitrogens is 1. The summed E-state index contributed by atoms with van der Waals surface area (Å²) in [6.07, 6.45) is 1.55. The Bertz CT molecular complexity index is 489. The summed E-state index contributed by atoms with van der Waals surface area (Å²) < 4.78 is 31.6. The molecular weight excluding hydrogens is 254 g/mol. The minimum absolute atomic E-state index is 0.00310. The van der Waals surface area contributed by atoms with E-state index in [2.05, 4.69) is 14.9 Å². The zero-order valence-corrected chi connectivity index (χ0v) is 11.5. The average Bonchev–Trinajstić information content (AvgIpc) is 2.87. The molecule has 2 heterocycles. The fourth-order valence-corrected chi connectivity index (χ4v) is 3.17. The number of aromatic amines is 1. The second-order valence-corrected chi connectivity index (χ2v) is 6.65. The molecule has 18 heavy (non-hydrogen) atoms. The summed E-state index contributed by atoms with van der Waals surface area (Å²) in [4.78, 5) is 0. The molecule has 102 valence electrons. The smallest absolute Gasteiger partial charge is 0.236 e. The maximum absolute atomic E-state index is 11.9. The average molecular weight is 273 g/mol. The fraction of sp³-hybridized carbons (Fsp3) is 0.727. The Morgan fingerprint density at radius 1 is 1.61 bits per heavy atom. The Morgan fingerprint density at radius 2 is 2.39 bits per heavy atom. The molecule has 1 aromatic heterocycles. The number of anilines is 1. The number of ether oxygens (including phenoxy) is 1. The highest BCUT2D eigenvalue weighted by Crippen LogP contribution is 2.18. The van der Waals surface area contributed by atoms with Crippen LogP contribution in [-0.2, 0) is 14.8 Å². The summed E-state index contributed by atoms with van der Waals surface area (Å²) in [5, 5.41) is 6.75. The van der Waals surface area contributed by atoms with Crippen molar-refractivity contribution in [1.82, 2.24) is 10.2 Å². The lowest BCUT2D eigenvalue weighted by Gasteiger charge is -2.10. The van der Waals surface area contributed by atoms with Gasteiger partial charge in [0, 0.05) is 18.4 Å². The van der Waals surface area contributed by atoms with E-state index in [0.717, 1.165) is 18.5 Å². The van der Waals surface area contributed by atoms with E-state index in [1.165, 1.54) is 0 Å². The van der Waals surface area contributed by atoms with Gasteiger partial charge in [0.05, 0.1) is 11.9 Å². The van der Waals surface area contributed by atoms with Crippen molar-refractivity contribution < 1.29 is 13.2 Å². The summed E-state index contributed by atoms with van der Waals surface area (Å²) in [5.41, 5.74) is 0.907. The van der Waals surface area contributed by atoms with Gasteiger partial charge in [-0.05, 0) is 18.8 Å². The summed E-state index contributed by atoms with van der Waals surface area (Å²) in [6, 6.07) is 1.72. The second kappa shape index (κ2) is 5.27. The van der Waals surface area contributed by atoms with Crippen LogP contribution in [0.15, 0.2) is 6.07 Å². The minimum Gasteiger partial charge on any atom is -0.377 e. The molecule has 1 saturated heterocycles. The molecule has 1 fully saturated rings. The van der Waals surface area contributed by atoms with E-state index in [1.807, 2.05) is 13.8 Å². The second-order valence-electron chi connectivity index (χ2n) is 4.88. The van der Waals surface area contributed by atoms with E-state index < -0.39 is 10.0 Å². The molecule has 0 saturated carbocycles. The first kappa shape index (κ1) is 13.4. The molecule has 2 N–H and O–H groups in total. The zero-order chi connectivity index (χ0) is 13.2. The van der Waals surface area contributed by atoms with Crippen molar-refractivity contribution in [2.75, 3.05) is 17.1 Å². The first-order chi connectivity index (χ1) is 8.46. The van der Waals surface area contributed by atoms with Gasteiger partial charge in [-0.1, -0.05) is 13.8 Å². The quantitative estimate of drug-likeness (QED) is 0.850. The van der Waals surface area contributed by atoms with Crippen molar-refractivity contribution in [3.8, 4) is 0 Å². The normalized spacial score (nSPS) is 20.5. The SMILES string of the molecule is CC(C)c1cc(NS(=O)(=O)CC2CCCO2)n[nH]1. The topological polar surface area (TPSA) is 84.1 Å². The Kier molecular flexibility index (Phi) is 3.91. The van der Waals surface area contributed by atoms with Crippen LogP contribution in [0.5, 0.6) is 0 Å². The number of nitrogens with one attached hydrogen (secondary N) is 2. The predicted octanol–water partition coefficient (Wildman–Crippen LogP) is 1.45. The van der Waals surface area contributed by atoms with Crippen LogP contribution in [0, 0.1) is 0 Å². The third-order valence-corrected chi connectivity index (χ3v) is 4.24. The molecule has 0 spiro atoms. The van der Waals surface area contributed by atoms with Gasteiger partial charge in [0.15, 0.2) is 5.82 Å². The van der Waals surface area contributed by atoms with Gasteiger partial charge >= 0.3 is 0 Å². The summed E-state index contributed by atoms with van der Waals surface area (Å²) in [7, 11) is -3.39. The minimum atomic E-state index is -3.39. The van der Waals surface area contributed by atoms with Crippen LogP contribution < -0.4 is 4.72 Å². The predicted molar refractivity (Wildman–Crippen MR) is 69.1 cm³/mol. The molecule has 1 aliphatic rings. The Morgan fingerprint density at radius 3 is 2.94 bits per heavy atom. The van der Waals surface area contributed by atoms with E-state index in [4.69, 9.17) is 4.74 Å². The number of aromatic nitrogens is 2. The lowest BCUT2D eigenvalue weighted by atomic mass is 10.1. The lowest BCUT2D eigenvalue weighted by Crippen LogP contribution is -2.25. The van der Waals surface area contributed by atoms with Gasteiger partial charge in [0.2, 0.25) is 10.0 Å². The van der Waals surface area contributed by atoms with Gasteiger partial charge in [-0.25, -0.2) is 8.42 Å². The Labute approximate surface area is 107 Å². The summed E-state index contributed by atoms with van der Waals surface area (Å²) in [5.74, 6) is 0.627. The van der Waals surface area contributed by atoms with Crippen molar-refractivity contribution in [3.63, 3.8) is 0 Å². The molecule has 0 bridgehead atoms. The van der Waals surface area contributed by atoms with E-state index in [9.17, 15) is 8.42 Å². The van der Waals surface area contributed by atoms with E-state index in [1.54, 1.807) is 6.07 Å². The number of hydrogen-bond acceptors (Lipinski definition) is 4. The van der Waals surface area contributed by atoms with Crippen molar-refractivity contribution in [3.05, 3.63) is 11.8 Å². The highest BCUT2D eigenvalue weighted by molar-refractivity contribution is 7.92. The van der Waals surface area contributed by atoms with E-state index in [-0.39, 0.29) is 17.8 Å². The molecule has 1 aliphatic heterocycles. The third kappa shape index (κ3) is 3.46. The van der Waals surface area contributed by atoms with Crippen LogP contribution in [0.4, 0.5) is 5.82 Å². The van der Waals surface area contributed by atoms with Crippen LogP contribution >= 0.6 is 0 Å². The van der Waals surface area contributed by atoms with Gasteiger partial charge in [-0.15, -0.1) is 0 Å². The van der Waals surface area contributed by atoms with Gasteiger partial charge in [0.25, 0.3) is 0 Å². The van der Waals surface area contributed by atoms with Crippen molar-refractivity contribution >= 4 is 15.8 Å². The van der Waals surface area contributed by atoms with Crippen LogP contribution in [0.2, 0.25) is 0 Å². The lowest BCUT2D eigenvalue weighted by molar-refractivity contribution is 0.127. The van der Waals surface area contributed by atoms with Crippen molar-refractivity contribution in [2.45, 2.75) is 38.7 Å². The molecule has 2 rings (SSSR count). The van der Waals surface area contributed by atoms with E-state index >= 15 is 0 Å². The monoisotopic (exact) mass is 273 g/mol. The Hall–Kier alpha value is -1.08. The van der Waals surface area contributed by atoms with Crippen molar-refractivity contribution in [2.24, 2.45) is 0 Å². The molecule has 0 amide bonds. The van der Waals surface area contributed by atoms with Crippen LogP contribution in [0.25, 0.3) is 0 Å². The summed E-state index contributed by atoms with van der Waals surface area (Å²) in [6.45, 7) is 4.68. The highest BCUT2D eigenvalue weighted by Gasteiger charge is 2.23. The summed E-state index contributed by atoms with van der Waals surface area (Å²) >= 11 is 0. The van der Waals surface area contributed by atoms with E-state index in [0.29, 0.717) is 12.4 Å². The maximum atomic E-state index is 11.9. The molecule has 0 aromatic carbocycles. The standard InChI is InChI=1S/C11H19N3O3S/c1-8(2)10-6-11(13-12-10)14-18(15,16)7-9-4-3-5-17-9/h6,8-9H,3-5,7H2,1-2H3,(H2,12,13,14). The fourth-order valence-electron chi connectivity index (χ4n) is 1.91. The van der Waals surface area contributed by atoms with Gasteiger partial charge < -0.3 is 4.74 Å². The van der Waals surface area contributed by atoms with Gasteiger partial charge in [-0.2, -0.15) is 5.10 Å². The molecule has 0 radical (unpaired) electrons. The number of nitrogens with zero attached hydrogens (tertiary/aromatic N) is 1. The molecule has 7 heteroatoms.